The quantitative estimate of drug-likeness (QED) is 0.358. The first-order chi connectivity index (χ1) is 14.5. The van der Waals surface area contributed by atoms with Crippen LogP contribution in [0.5, 0.6) is 0 Å². The average molecular weight is 442 g/mol. The maximum atomic E-state index is 12.2. The minimum absolute atomic E-state index is 0.0517. The van der Waals surface area contributed by atoms with Gasteiger partial charge in [0.1, 0.15) is 0 Å². The molecule has 30 heavy (non-hydrogen) atoms. The first-order valence-corrected chi connectivity index (χ1v) is 13.9. The molecule has 174 valence electrons. The fraction of sp³-hybridized carbons (Fsp3) is 0.955. The predicted molar refractivity (Wildman–Crippen MR) is 124 cm³/mol. The molecule has 0 bridgehead atoms. The maximum Gasteiger partial charge on any atom is 0.213 e. The topological polar surface area (TPSA) is 85.8 Å². The third-order valence-electron chi connectivity index (χ3n) is 6.96. The highest BCUT2D eigenvalue weighted by Gasteiger charge is 2.23. The summed E-state index contributed by atoms with van der Waals surface area (Å²) < 4.78 is 27.1. The van der Waals surface area contributed by atoms with Gasteiger partial charge in [-0.25, -0.2) is 13.1 Å². The normalized spacial score (nSPS) is 23.3. The molecule has 3 N–H and O–H groups in total. The van der Waals surface area contributed by atoms with Crippen molar-refractivity contribution >= 4 is 16.0 Å². The van der Waals surface area contributed by atoms with Gasteiger partial charge in [0.05, 0.1) is 12.3 Å². The lowest BCUT2D eigenvalue weighted by Gasteiger charge is -2.36. The van der Waals surface area contributed by atoms with Crippen molar-refractivity contribution < 1.29 is 8.42 Å². The van der Waals surface area contributed by atoms with Gasteiger partial charge in [0.2, 0.25) is 10.0 Å². The van der Waals surface area contributed by atoms with Crippen molar-refractivity contribution in [2.75, 3.05) is 45.0 Å². The van der Waals surface area contributed by atoms with E-state index in [4.69, 9.17) is 0 Å². The van der Waals surface area contributed by atoms with Gasteiger partial charge in [-0.2, -0.15) is 0 Å². The number of likely N-dealkylation sites (tertiary alicyclic amines) is 1. The summed E-state index contributed by atoms with van der Waals surface area (Å²) in [7, 11) is -3.24. The minimum Gasteiger partial charge on any atom is -0.357 e. The van der Waals surface area contributed by atoms with Gasteiger partial charge in [0.15, 0.2) is 5.96 Å². The maximum absolute atomic E-state index is 12.2. The molecule has 2 saturated carbocycles. The smallest absolute Gasteiger partial charge is 0.213 e. The van der Waals surface area contributed by atoms with E-state index >= 15 is 0 Å². The van der Waals surface area contributed by atoms with E-state index in [0.717, 1.165) is 57.2 Å². The van der Waals surface area contributed by atoms with E-state index in [-0.39, 0.29) is 12.3 Å². The van der Waals surface area contributed by atoms with Crippen molar-refractivity contribution in [2.24, 2.45) is 16.8 Å². The van der Waals surface area contributed by atoms with Gasteiger partial charge in [-0.15, -0.1) is 0 Å². The Morgan fingerprint density at radius 2 is 1.67 bits per heavy atom. The summed E-state index contributed by atoms with van der Waals surface area (Å²) in [6.07, 6.45) is 12.8. The molecular formula is C22H43N5O2S. The first-order valence-electron chi connectivity index (χ1n) is 12.3. The fourth-order valence-corrected chi connectivity index (χ4v) is 5.77. The van der Waals surface area contributed by atoms with Crippen LogP contribution in [0.4, 0.5) is 0 Å². The zero-order valence-electron chi connectivity index (χ0n) is 18.9. The fourth-order valence-electron chi connectivity index (χ4n) is 4.80. The van der Waals surface area contributed by atoms with E-state index < -0.39 is 10.0 Å². The summed E-state index contributed by atoms with van der Waals surface area (Å²) in [4.78, 5) is 7.17. The van der Waals surface area contributed by atoms with Gasteiger partial charge in [-0.1, -0.05) is 25.7 Å². The summed E-state index contributed by atoms with van der Waals surface area (Å²) in [5, 5.41) is 6.80. The van der Waals surface area contributed by atoms with Crippen LogP contribution in [0.1, 0.15) is 71.1 Å². The summed E-state index contributed by atoms with van der Waals surface area (Å²) in [6, 6.07) is 0.416. The van der Waals surface area contributed by atoms with Crippen LogP contribution in [0.3, 0.4) is 0 Å². The molecule has 0 atom stereocenters. The Kier molecular flexibility index (Phi) is 9.71. The summed E-state index contributed by atoms with van der Waals surface area (Å²) >= 11 is 0. The SMILES string of the molecule is CCNC(=NCCS(=O)(=O)NCC1CCC1)NC1CCN(CC2CCCCC2)CC1. The molecule has 1 saturated heterocycles. The van der Waals surface area contributed by atoms with E-state index in [1.54, 1.807) is 0 Å². The molecule has 3 aliphatic rings. The van der Waals surface area contributed by atoms with Gasteiger partial charge in [-0.3, -0.25) is 4.99 Å². The van der Waals surface area contributed by atoms with Gasteiger partial charge >= 0.3 is 0 Å². The zero-order valence-corrected chi connectivity index (χ0v) is 19.7. The van der Waals surface area contributed by atoms with Crippen molar-refractivity contribution in [1.82, 2.24) is 20.3 Å². The van der Waals surface area contributed by atoms with E-state index in [9.17, 15) is 8.42 Å². The minimum atomic E-state index is -3.24. The van der Waals surface area contributed by atoms with E-state index in [1.165, 1.54) is 45.1 Å². The Bertz CT molecular complexity index is 621. The molecule has 3 fully saturated rings. The number of guanidine groups is 1. The number of piperidine rings is 1. The summed E-state index contributed by atoms with van der Waals surface area (Å²) in [5.74, 6) is 2.24. The Morgan fingerprint density at radius 1 is 0.967 bits per heavy atom. The van der Waals surface area contributed by atoms with Gasteiger partial charge < -0.3 is 15.5 Å². The molecule has 0 unspecified atom stereocenters. The molecule has 0 aromatic rings. The summed E-state index contributed by atoms with van der Waals surface area (Å²) in [5.41, 5.74) is 0. The van der Waals surface area contributed by atoms with Gasteiger partial charge in [0.25, 0.3) is 0 Å². The van der Waals surface area contributed by atoms with Crippen molar-refractivity contribution in [3.63, 3.8) is 0 Å². The van der Waals surface area contributed by atoms with Crippen LogP contribution in [0.25, 0.3) is 0 Å². The number of rotatable bonds is 10. The van der Waals surface area contributed by atoms with Crippen LogP contribution >= 0.6 is 0 Å². The molecule has 8 heteroatoms. The molecule has 0 radical (unpaired) electrons. The highest BCUT2D eigenvalue weighted by Crippen LogP contribution is 2.26. The number of sulfonamides is 1. The highest BCUT2D eigenvalue weighted by molar-refractivity contribution is 7.89. The van der Waals surface area contributed by atoms with E-state index in [2.05, 4.69) is 25.2 Å². The number of hydrogen-bond donors (Lipinski definition) is 3. The van der Waals surface area contributed by atoms with Crippen molar-refractivity contribution in [3.05, 3.63) is 0 Å². The van der Waals surface area contributed by atoms with Crippen LogP contribution in [0.15, 0.2) is 4.99 Å². The van der Waals surface area contributed by atoms with Crippen LogP contribution in [0.2, 0.25) is 0 Å². The van der Waals surface area contributed by atoms with Crippen molar-refractivity contribution in [2.45, 2.75) is 77.2 Å². The Hall–Kier alpha value is -0.860. The van der Waals surface area contributed by atoms with Gasteiger partial charge in [0, 0.05) is 38.8 Å². The predicted octanol–water partition coefficient (Wildman–Crippen LogP) is 2.31. The molecule has 3 rings (SSSR count). The molecule has 2 aliphatic carbocycles. The second-order valence-corrected chi connectivity index (χ2v) is 11.4. The van der Waals surface area contributed by atoms with Crippen LogP contribution < -0.4 is 15.4 Å². The molecular weight excluding hydrogens is 398 g/mol. The first kappa shape index (κ1) is 23.8. The third kappa shape index (κ3) is 8.35. The lowest BCUT2D eigenvalue weighted by Crippen LogP contribution is -2.49. The molecule has 0 amide bonds. The average Bonchev–Trinajstić information content (AvgIpc) is 2.69. The molecule has 0 aromatic heterocycles. The lowest BCUT2D eigenvalue weighted by molar-refractivity contribution is 0.160. The molecule has 1 aliphatic heterocycles. The monoisotopic (exact) mass is 441 g/mol. The second-order valence-electron chi connectivity index (χ2n) is 9.45. The van der Waals surface area contributed by atoms with Crippen LogP contribution in [-0.2, 0) is 10.0 Å². The largest absolute Gasteiger partial charge is 0.357 e. The van der Waals surface area contributed by atoms with Crippen molar-refractivity contribution in [3.8, 4) is 0 Å². The van der Waals surface area contributed by atoms with E-state index in [0.29, 0.717) is 18.5 Å². The van der Waals surface area contributed by atoms with Crippen molar-refractivity contribution in [1.29, 1.82) is 0 Å². The molecule has 0 aromatic carbocycles. The molecule has 0 spiro atoms. The second kappa shape index (κ2) is 12.2. The lowest BCUT2D eigenvalue weighted by atomic mass is 9.86. The molecule has 1 heterocycles. The number of hydrogen-bond acceptors (Lipinski definition) is 4. The third-order valence-corrected chi connectivity index (χ3v) is 8.29. The van der Waals surface area contributed by atoms with Gasteiger partial charge in [-0.05, 0) is 57.3 Å². The molecule has 7 nitrogen and oxygen atoms in total. The zero-order chi connectivity index (χ0) is 21.2. The Labute approximate surface area is 183 Å². The Balaban J connectivity index is 1.36. The summed E-state index contributed by atoms with van der Waals surface area (Å²) in [6.45, 7) is 7.26. The number of aliphatic imine (C=N–C) groups is 1. The van der Waals surface area contributed by atoms with Crippen LogP contribution in [-0.4, -0.2) is 70.3 Å². The van der Waals surface area contributed by atoms with E-state index in [1.807, 2.05) is 6.92 Å². The number of nitrogens with one attached hydrogen (secondary N) is 3. The highest BCUT2D eigenvalue weighted by atomic mass is 32.2. The number of nitrogens with zero attached hydrogens (tertiary/aromatic N) is 2. The van der Waals surface area contributed by atoms with Crippen LogP contribution in [0, 0.1) is 11.8 Å². The Morgan fingerprint density at radius 3 is 2.30 bits per heavy atom. The standard InChI is InChI=1S/C22H43N5O2S/c1-2-23-22(24-13-16-30(28,29)25-17-19-9-6-10-19)26-21-11-14-27(15-12-21)18-20-7-4-3-5-8-20/h19-21,25H,2-18H2,1H3,(H2,23,24,26).